The van der Waals surface area contributed by atoms with E-state index >= 15 is 0 Å². The molecule has 1 aromatic rings. The van der Waals surface area contributed by atoms with E-state index in [4.69, 9.17) is 10.5 Å². The summed E-state index contributed by atoms with van der Waals surface area (Å²) in [5.74, 6) is -1.31. The zero-order chi connectivity index (χ0) is 7.56. The molecule has 0 spiro atoms. The number of para-hydroxylation sites is 1. The predicted molar refractivity (Wildman–Crippen MR) is 36.0 cm³/mol. The standard InChI is InChI=1S/C7H6FNO/c8-7(9)5-3-1-2-4-6(5)10/h1-4,9-10H. The number of aromatic hydroxyl groups is 1. The van der Waals surface area contributed by atoms with Crippen LogP contribution in [-0.2, 0) is 0 Å². The van der Waals surface area contributed by atoms with Gasteiger partial charge < -0.3 is 5.11 Å². The van der Waals surface area contributed by atoms with Gasteiger partial charge in [-0.1, -0.05) is 12.1 Å². The maximum Gasteiger partial charge on any atom is 0.216 e. The number of hydrogen-bond acceptors (Lipinski definition) is 2. The zero-order valence-corrected chi connectivity index (χ0v) is 5.13. The van der Waals surface area contributed by atoms with Gasteiger partial charge in [-0.3, -0.25) is 5.41 Å². The predicted octanol–water partition coefficient (Wildman–Crippen LogP) is 1.69. The Morgan fingerprint density at radius 3 is 2.40 bits per heavy atom. The molecular weight excluding hydrogens is 133 g/mol. The van der Waals surface area contributed by atoms with Crippen LogP contribution >= 0.6 is 0 Å². The minimum atomic E-state index is -1.11. The first kappa shape index (κ1) is 6.74. The second kappa shape index (κ2) is 2.47. The summed E-state index contributed by atoms with van der Waals surface area (Å²) in [7, 11) is 0. The van der Waals surface area contributed by atoms with Crippen molar-refractivity contribution in [1.29, 1.82) is 5.41 Å². The molecule has 0 aliphatic carbocycles. The second-order valence-electron chi connectivity index (χ2n) is 1.83. The molecule has 10 heavy (non-hydrogen) atoms. The summed E-state index contributed by atoms with van der Waals surface area (Å²) < 4.78 is 12.1. The van der Waals surface area contributed by atoms with Crippen molar-refractivity contribution in [3.05, 3.63) is 29.8 Å². The highest BCUT2D eigenvalue weighted by Gasteiger charge is 2.02. The van der Waals surface area contributed by atoms with Crippen molar-refractivity contribution in [2.45, 2.75) is 0 Å². The van der Waals surface area contributed by atoms with Crippen LogP contribution in [0, 0.1) is 5.41 Å². The normalized spacial score (nSPS) is 9.30. The van der Waals surface area contributed by atoms with Gasteiger partial charge in [0.05, 0.1) is 5.56 Å². The maximum absolute atomic E-state index is 12.1. The molecule has 0 heterocycles. The molecule has 52 valence electrons. The average Bonchev–Trinajstić information content (AvgIpc) is 1.88. The minimum absolute atomic E-state index is 0.0671. The van der Waals surface area contributed by atoms with Gasteiger partial charge in [0.25, 0.3) is 0 Å². The molecule has 0 saturated heterocycles. The lowest BCUT2D eigenvalue weighted by Crippen LogP contribution is -1.88. The summed E-state index contributed by atoms with van der Waals surface area (Å²) in [5.41, 5.74) is -0.0671. The lowest BCUT2D eigenvalue weighted by atomic mass is 10.2. The third-order valence-electron chi connectivity index (χ3n) is 1.14. The number of nitrogens with one attached hydrogen (secondary N) is 1. The minimum Gasteiger partial charge on any atom is -0.507 e. The van der Waals surface area contributed by atoms with Crippen LogP contribution < -0.4 is 0 Å². The SMILES string of the molecule is N=C(F)c1ccccc1O. The van der Waals surface area contributed by atoms with Gasteiger partial charge in [0, 0.05) is 0 Å². The van der Waals surface area contributed by atoms with Crippen LogP contribution in [0.4, 0.5) is 4.39 Å². The largest absolute Gasteiger partial charge is 0.507 e. The van der Waals surface area contributed by atoms with Crippen LogP contribution in [0.1, 0.15) is 5.56 Å². The molecule has 0 aromatic heterocycles. The average molecular weight is 139 g/mol. The Hall–Kier alpha value is -1.38. The molecule has 0 radical (unpaired) electrons. The zero-order valence-electron chi connectivity index (χ0n) is 5.13. The summed E-state index contributed by atoms with van der Waals surface area (Å²) in [6.45, 7) is 0. The van der Waals surface area contributed by atoms with E-state index < -0.39 is 5.97 Å². The third-order valence-corrected chi connectivity index (χ3v) is 1.14. The van der Waals surface area contributed by atoms with E-state index in [1.54, 1.807) is 12.1 Å². The Bertz CT molecular complexity index is 260. The number of rotatable bonds is 1. The number of benzene rings is 1. The number of phenols is 1. The quantitative estimate of drug-likeness (QED) is 0.571. The Kier molecular flexibility index (Phi) is 1.67. The molecule has 0 fully saturated rings. The van der Waals surface area contributed by atoms with Crippen molar-refractivity contribution in [2.24, 2.45) is 0 Å². The van der Waals surface area contributed by atoms with Crippen LogP contribution in [-0.4, -0.2) is 11.1 Å². The van der Waals surface area contributed by atoms with Crippen molar-refractivity contribution < 1.29 is 9.50 Å². The first-order valence-electron chi connectivity index (χ1n) is 2.74. The molecule has 2 N–H and O–H groups in total. The van der Waals surface area contributed by atoms with Crippen molar-refractivity contribution in [1.82, 2.24) is 0 Å². The van der Waals surface area contributed by atoms with Crippen LogP contribution in [0.3, 0.4) is 0 Å². The van der Waals surface area contributed by atoms with Gasteiger partial charge in [-0.2, -0.15) is 4.39 Å². The van der Waals surface area contributed by atoms with Crippen molar-refractivity contribution >= 4 is 5.97 Å². The molecule has 0 atom stereocenters. The summed E-state index contributed by atoms with van der Waals surface area (Å²) in [4.78, 5) is 0. The van der Waals surface area contributed by atoms with E-state index in [1.165, 1.54) is 12.1 Å². The summed E-state index contributed by atoms with van der Waals surface area (Å²) in [6, 6.07) is 5.81. The van der Waals surface area contributed by atoms with E-state index in [0.29, 0.717) is 0 Å². The van der Waals surface area contributed by atoms with E-state index in [0.717, 1.165) is 0 Å². The fraction of sp³-hybridized carbons (Fsp3) is 0. The lowest BCUT2D eigenvalue weighted by Gasteiger charge is -1.96. The molecule has 0 amide bonds. The molecule has 2 nitrogen and oxygen atoms in total. The van der Waals surface area contributed by atoms with Gasteiger partial charge in [-0.05, 0) is 12.1 Å². The van der Waals surface area contributed by atoms with Crippen LogP contribution in [0.5, 0.6) is 5.75 Å². The number of halogens is 1. The summed E-state index contributed by atoms with van der Waals surface area (Å²) >= 11 is 0. The monoisotopic (exact) mass is 139 g/mol. The summed E-state index contributed by atoms with van der Waals surface area (Å²) in [5, 5.41) is 15.4. The van der Waals surface area contributed by atoms with Gasteiger partial charge in [-0.15, -0.1) is 0 Å². The van der Waals surface area contributed by atoms with Crippen molar-refractivity contribution in [3.63, 3.8) is 0 Å². The Labute approximate surface area is 57.4 Å². The molecular formula is C7H6FNO. The van der Waals surface area contributed by atoms with Crippen LogP contribution in [0.2, 0.25) is 0 Å². The van der Waals surface area contributed by atoms with Gasteiger partial charge in [0.15, 0.2) is 0 Å². The van der Waals surface area contributed by atoms with Crippen LogP contribution in [0.15, 0.2) is 24.3 Å². The van der Waals surface area contributed by atoms with E-state index in [9.17, 15) is 4.39 Å². The highest BCUT2D eigenvalue weighted by molar-refractivity contribution is 5.93. The molecule has 3 heteroatoms. The number of phenolic OH excluding ortho intramolecular Hbond substituents is 1. The van der Waals surface area contributed by atoms with Gasteiger partial charge in [0.1, 0.15) is 5.75 Å². The Balaban J connectivity index is 3.15. The van der Waals surface area contributed by atoms with Crippen molar-refractivity contribution in [3.8, 4) is 5.75 Å². The fourth-order valence-corrected chi connectivity index (χ4v) is 0.659. The molecule has 0 bridgehead atoms. The highest BCUT2D eigenvalue weighted by atomic mass is 19.1. The van der Waals surface area contributed by atoms with Gasteiger partial charge in [-0.25, -0.2) is 0 Å². The van der Waals surface area contributed by atoms with E-state index in [1.807, 2.05) is 0 Å². The Morgan fingerprint density at radius 2 is 2.00 bits per heavy atom. The third kappa shape index (κ3) is 1.13. The topological polar surface area (TPSA) is 44.1 Å². The summed E-state index contributed by atoms with van der Waals surface area (Å²) in [6.07, 6.45) is 0. The fourth-order valence-electron chi connectivity index (χ4n) is 0.659. The van der Waals surface area contributed by atoms with E-state index in [2.05, 4.69) is 0 Å². The van der Waals surface area contributed by atoms with Gasteiger partial charge >= 0.3 is 0 Å². The molecule has 1 rings (SSSR count). The molecule has 0 unspecified atom stereocenters. The highest BCUT2D eigenvalue weighted by Crippen LogP contribution is 2.15. The molecule has 0 aliphatic heterocycles. The van der Waals surface area contributed by atoms with Crippen LogP contribution in [0.25, 0.3) is 0 Å². The van der Waals surface area contributed by atoms with Gasteiger partial charge in [0.2, 0.25) is 5.97 Å². The smallest absolute Gasteiger partial charge is 0.216 e. The van der Waals surface area contributed by atoms with E-state index in [-0.39, 0.29) is 11.3 Å². The maximum atomic E-state index is 12.1. The first-order chi connectivity index (χ1) is 4.72. The Morgan fingerprint density at radius 1 is 1.40 bits per heavy atom. The second-order valence-corrected chi connectivity index (χ2v) is 1.83. The molecule has 0 saturated carbocycles. The first-order valence-corrected chi connectivity index (χ1v) is 2.74. The van der Waals surface area contributed by atoms with Crippen molar-refractivity contribution in [2.75, 3.05) is 0 Å². The molecule has 0 aliphatic rings. The lowest BCUT2D eigenvalue weighted by molar-refractivity contribution is 0.473. The number of hydrogen-bond donors (Lipinski definition) is 2. The molecule has 1 aromatic carbocycles.